The second-order valence-electron chi connectivity index (χ2n) is 18.3. The van der Waals surface area contributed by atoms with Crippen LogP contribution >= 0.6 is 0 Å². The molecule has 4 atom stereocenters. The minimum atomic E-state index is 0.114. The first kappa shape index (κ1) is 41.1. The highest BCUT2D eigenvalue weighted by molar-refractivity contribution is 5.83. The third kappa shape index (κ3) is 7.77. The first-order valence-electron chi connectivity index (χ1n) is 23.2. The molecular weight excluding hydrogens is 773 g/mol. The molecular formula is C62H58N2. The van der Waals surface area contributed by atoms with E-state index in [0.29, 0.717) is 0 Å². The third-order valence-electron chi connectivity index (χ3n) is 13.9. The Balaban J connectivity index is 1.14. The van der Waals surface area contributed by atoms with Gasteiger partial charge in [0.2, 0.25) is 0 Å². The summed E-state index contributed by atoms with van der Waals surface area (Å²) in [6.07, 6.45) is 39.0. The number of anilines is 3. The minimum Gasteiger partial charge on any atom is -0.337 e. The fourth-order valence-electron chi connectivity index (χ4n) is 10.9. The second kappa shape index (κ2) is 17.7. The van der Waals surface area contributed by atoms with Gasteiger partial charge in [-0.2, -0.15) is 0 Å². The van der Waals surface area contributed by atoms with Crippen LogP contribution in [-0.2, 0) is 0 Å². The van der Waals surface area contributed by atoms with Gasteiger partial charge >= 0.3 is 0 Å². The fourth-order valence-corrected chi connectivity index (χ4v) is 10.9. The predicted octanol–water partition coefficient (Wildman–Crippen LogP) is 16.2. The summed E-state index contributed by atoms with van der Waals surface area (Å²) in [6.45, 7) is 13.1. The maximum absolute atomic E-state index is 4.12. The molecule has 0 aliphatic heterocycles. The zero-order valence-electron chi connectivity index (χ0n) is 37.7. The largest absolute Gasteiger partial charge is 0.337 e. The molecule has 4 aromatic carbocycles. The predicted molar refractivity (Wildman–Crippen MR) is 272 cm³/mol. The number of fused-ring (bicyclic) bond motifs is 3. The van der Waals surface area contributed by atoms with Gasteiger partial charge in [-0.1, -0.05) is 175 Å². The van der Waals surface area contributed by atoms with E-state index in [0.717, 1.165) is 37.1 Å². The van der Waals surface area contributed by atoms with Gasteiger partial charge in [-0.3, -0.25) is 0 Å². The van der Waals surface area contributed by atoms with Crippen LogP contribution in [0.2, 0.25) is 0 Å². The lowest BCUT2D eigenvalue weighted by Gasteiger charge is -2.46. The number of benzene rings is 4. The van der Waals surface area contributed by atoms with E-state index in [2.05, 4.69) is 232 Å². The fraction of sp³-hybridized carbons (Fsp3) is 0.194. The summed E-state index contributed by atoms with van der Waals surface area (Å²) < 4.78 is 0. The average Bonchev–Trinajstić information content (AvgIpc) is 3.32. The highest BCUT2D eigenvalue weighted by Crippen LogP contribution is 2.54. The Bertz CT molecular complexity index is 2870. The van der Waals surface area contributed by atoms with Crippen molar-refractivity contribution in [3.63, 3.8) is 0 Å². The van der Waals surface area contributed by atoms with Crippen molar-refractivity contribution in [1.82, 2.24) is 0 Å². The van der Waals surface area contributed by atoms with E-state index < -0.39 is 0 Å². The lowest BCUT2D eigenvalue weighted by Crippen LogP contribution is -2.37. The molecule has 10 rings (SSSR count). The lowest BCUT2D eigenvalue weighted by molar-refractivity contribution is 0.541. The topological polar surface area (TPSA) is 6.48 Å². The summed E-state index contributed by atoms with van der Waals surface area (Å²) in [5.41, 5.74) is 22.5. The molecule has 64 heavy (non-hydrogen) atoms. The Morgan fingerprint density at radius 2 is 1.41 bits per heavy atom. The first-order chi connectivity index (χ1) is 31.4. The van der Waals surface area contributed by atoms with Crippen molar-refractivity contribution in [2.75, 3.05) is 9.80 Å². The van der Waals surface area contributed by atoms with Crippen molar-refractivity contribution in [3.8, 4) is 0 Å². The van der Waals surface area contributed by atoms with Gasteiger partial charge in [0.05, 0.1) is 11.7 Å². The van der Waals surface area contributed by atoms with Gasteiger partial charge in [0.25, 0.3) is 0 Å². The molecule has 0 radical (unpaired) electrons. The number of allylic oxidation sites excluding steroid dienone is 22. The van der Waals surface area contributed by atoms with Crippen LogP contribution in [0.15, 0.2) is 251 Å². The molecule has 0 saturated carbocycles. The number of para-hydroxylation sites is 1. The van der Waals surface area contributed by atoms with Gasteiger partial charge < -0.3 is 9.80 Å². The Hall–Kier alpha value is -6.90. The summed E-state index contributed by atoms with van der Waals surface area (Å²) in [6, 6.07) is 38.4. The zero-order valence-corrected chi connectivity index (χ0v) is 37.7. The van der Waals surface area contributed by atoms with E-state index in [-0.39, 0.29) is 23.8 Å². The number of hydrogen-bond donors (Lipinski definition) is 0. The molecule has 0 bridgehead atoms. The van der Waals surface area contributed by atoms with Crippen LogP contribution < -0.4 is 9.80 Å². The van der Waals surface area contributed by atoms with E-state index in [1.54, 1.807) is 0 Å². The van der Waals surface area contributed by atoms with Crippen LogP contribution in [0, 0.1) is 31.6 Å². The van der Waals surface area contributed by atoms with E-state index in [1.807, 2.05) is 6.08 Å². The van der Waals surface area contributed by atoms with E-state index >= 15 is 0 Å². The molecule has 0 heterocycles. The Kier molecular flexibility index (Phi) is 11.4. The molecule has 0 fully saturated rings. The Morgan fingerprint density at radius 1 is 0.672 bits per heavy atom. The summed E-state index contributed by atoms with van der Waals surface area (Å²) in [5, 5.41) is 0. The molecule has 0 aromatic heterocycles. The van der Waals surface area contributed by atoms with Crippen LogP contribution in [-0.4, -0.2) is 0 Å². The highest BCUT2D eigenvalue weighted by atomic mass is 15.2. The average molecular weight is 831 g/mol. The quantitative estimate of drug-likeness (QED) is 0.147. The van der Waals surface area contributed by atoms with Gasteiger partial charge in [-0.05, 0) is 146 Å². The highest BCUT2D eigenvalue weighted by Gasteiger charge is 2.41. The molecule has 2 heteroatoms. The van der Waals surface area contributed by atoms with Crippen LogP contribution in [0.25, 0.3) is 5.57 Å². The van der Waals surface area contributed by atoms with E-state index in [4.69, 9.17) is 0 Å². The number of hydrogen-bond acceptors (Lipinski definition) is 2. The van der Waals surface area contributed by atoms with Crippen molar-refractivity contribution < 1.29 is 0 Å². The van der Waals surface area contributed by atoms with Crippen molar-refractivity contribution in [3.05, 3.63) is 274 Å². The molecule has 0 saturated heterocycles. The molecule has 4 unspecified atom stereocenters. The lowest BCUT2D eigenvalue weighted by atomic mass is 9.66. The molecule has 0 amide bonds. The summed E-state index contributed by atoms with van der Waals surface area (Å²) in [7, 11) is 0. The molecule has 2 nitrogen and oxygen atoms in total. The number of rotatable bonds is 10. The molecule has 0 spiro atoms. The summed E-state index contributed by atoms with van der Waals surface area (Å²) in [4.78, 5) is 5.12. The van der Waals surface area contributed by atoms with E-state index in [1.165, 1.54) is 83.9 Å². The molecule has 6 aliphatic rings. The Morgan fingerprint density at radius 3 is 2.16 bits per heavy atom. The summed E-state index contributed by atoms with van der Waals surface area (Å²) in [5.74, 6) is 0.558. The van der Waals surface area contributed by atoms with Gasteiger partial charge in [-0.15, -0.1) is 0 Å². The van der Waals surface area contributed by atoms with E-state index in [9.17, 15) is 0 Å². The van der Waals surface area contributed by atoms with Crippen LogP contribution in [0.3, 0.4) is 0 Å². The Labute approximate surface area is 381 Å². The standard InChI is InChI=1S/C62H58N2/c1-6-7-17-46-41-59(63(49-18-9-8-10-19-49)50-32-26-42(2)27-33-50)53-20-11-12-21-54(53)60(46)47-38-45(5)39-48(40-47)61-55-22-13-15-24-57(55)62(58-25-16-14-23-56(58)61)64(51-34-28-43(3)29-35-51)52-36-30-44(4)31-37-52/h6-20,22-30,32-36,38,40-41,48,54,57,62H,1,21,31,37,39H2,2-5H3/b17-7-. The molecule has 316 valence electrons. The summed E-state index contributed by atoms with van der Waals surface area (Å²) >= 11 is 0. The van der Waals surface area contributed by atoms with Gasteiger partial charge in [-0.25, -0.2) is 0 Å². The van der Waals surface area contributed by atoms with Crippen LogP contribution in [0.1, 0.15) is 67.8 Å². The zero-order chi connectivity index (χ0) is 43.7. The van der Waals surface area contributed by atoms with Gasteiger partial charge in [0, 0.05) is 40.5 Å². The van der Waals surface area contributed by atoms with Crippen molar-refractivity contribution in [2.24, 2.45) is 17.8 Å². The van der Waals surface area contributed by atoms with Crippen molar-refractivity contribution >= 4 is 22.6 Å². The SMILES string of the molecule is C=C/C=C\C1=C(C2=CC(C3=C4C=CC=CC4C(N(C4=CC=C(C)CC4)c4ccc(C)cc4)c4ccccc43)CC(C)=C2)C2CC=CC=C2C(N(c2ccccc2)c2ccc(C)cc2)=C1. The van der Waals surface area contributed by atoms with Crippen LogP contribution in [0.5, 0.6) is 0 Å². The molecule has 0 N–H and O–H groups in total. The monoisotopic (exact) mass is 830 g/mol. The van der Waals surface area contributed by atoms with Gasteiger partial charge in [0.1, 0.15) is 0 Å². The van der Waals surface area contributed by atoms with Crippen molar-refractivity contribution in [2.45, 2.75) is 59.4 Å². The maximum atomic E-state index is 4.12. The molecule has 4 aromatic rings. The second-order valence-corrected chi connectivity index (χ2v) is 18.3. The normalized spacial score (nSPS) is 22.4. The molecule has 6 aliphatic carbocycles. The first-order valence-corrected chi connectivity index (χ1v) is 23.2. The minimum absolute atomic E-state index is 0.114. The third-order valence-corrected chi connectivity index (χ3v) is 13.9. The number of nitrogens with zero attached hydrogens (tertiary/aromatic N) is 2. The smallest absolute Gasteiger partial charge is 0.0697 e. The maximum Gasteiger partial charge on any atom is 0.0697 e. The van der Waals surface area contributed by atoms with Gasteiger partial charge in [0.15, 0.2) is 0 Å². The van der Waals surface area contributed by atoms with Crippen LogP contribution in [0.4, 0.5) is 17.1 Å². The van der Waals surface area contributed by atoms with Crippen molar-refractivity contribution in [1.29, 1.82) is 0 Å². The number of aryl methyl sites for hydroxylation is 2.